The van der Waals surface area contributed by atoms with E-state index in [0.717, 1.165) is 6.42 Å². The molecule has 2 aromatic carbocycles. The van der Waals surface area contributed by atoms with Gasteiger partial charge in [-0.3, -0.25) is 19.3 Å². The van der Waals surface area contributed by atoms with Gasteiger partial charge in [-0.1, -0.05) is 13.8 Å². The first-order valence-corrected chi connectivity index (χ1v) is 11.0. The SMILES string of the molecule is Cc1cc(F)ccc1OCC(=O)c1ccc2c(c1)N(C(C)C(=O)NCCC(C)C)C(=O)CO2. The smallest absolute Gasteiger partial charge is 0.265 e. The van der Waals surface area contributed by atoms with E-state index in [1.807, 2.05) is 0 Å². The van der Waals surface area contributed by atoms with Crippen LogP contribution in [-0.4, -0.2) is 43.4 Å². The van der Waals surface area contributed by atoms with Crippen LogP contribution in [0.2, 0.25) is 0 Å². The molecule has 1 atom stereocenters. The molecule has 33 heavy (non-hydrogen) atoms. The molecule has 1 N–H and O–H groups in total. The number of benzene rings is 2. The fraction of sp³-hybridized carbons (Fsp3) is 0.400. The van der Waals surface area contributed by atoms with Crippen LogP contribution in [0.25, 0.3) is 0 Å². The molecule has 7 nitrogen and oxygen atoms in total. The van der Waals surface area contributed by atoms with Crippen molar-refractivity contribution in [3.05, 3.63) is 53.3 Å². The summed E-state index contributed by atoms with van der Waals surface area (Å²) in [5.41, 5.74) is 1.25. The third kappa shape index (κ3) is 5.88. The summed E-state index contributed by atoms with van der Waals surface area (Å²) in [6.07, 6.45) is 0.832. The molecule has 176 valence electrons. The van der Waals surface area contributed by atoms with Crippen molar-refractivity contribution in [3.63, 3.8) is 0 Å². The lowest BCUT2D eigenvalue weighted by molar-refractivity contribution is -0.127. The number of nitrogens with zero attached hydrogens (tertiary/aromatic N) is 1. The average Bonchev–Trinajstić information content (AvgIpc) is 2.77. The zero-order valence-electron chi connectivity index (χ0n) is 19.3. The Labute approximate surface area is 192 Å². The fourth-order valence-electron chi connectivity index (χ4n) is 3.52. The fourth-order valence-corrected chi connectivity index (χ4v) is 3.52. The Bertz CT molecular complexity index is 1050. The lowest BCUT2D eigenvalue weighted by Crippen LogP contribution is -2.51. The summed E-state index contributed by atoms with van der Waals surface area (Å²) in [5, 5.41) is 2.86. The highest BCUT2D eigenvalue weighted by atomic mass is 19.1. The van der Waals surface area contributed by atoms with Crippen LogP contribution in [0, 0.1) is 18.7 Å². The van der Waals surface area contributed by atoms with Gasteiger partial charge in [0.05, 0.1) is 5.69 Å². The van der Waals surface area contributed by atoms with E-state index in [4.69, 9.17) is 9.47 Å². The van der Waals surface area contributed by atoms with Crippen molar-refractivity contribution in [2.75, 3.05) is 24.7 Å². The maximum Gasteiger partial charge on any atom is 0.265 e. The summed E-state index contributed by atoms with van der Waals surface area (Å²) in [5.74, 6) is -0.0688. The maximum absolute atomic E-state index is 13.3. The zero-order valence-corrected chi connectivity index (χ0v) is 19.3. The van der Waals surface area contributed by atoms with Gasteiger partial charge < -0.3 is 14.8 Å². The Hall–Kier alpha value is -3.42. The molecule has 2 aromatic rings. The highest BCUT2D eigenvalue weighted by Crippen LogP contribution is 2.34. The van der Waals surface area contributed by atoms with Gasteiger partial charge in [-0.2, -0.15) is 0 Å². The lowest BCUT2D eigenvalue weighted by atomic mass is 10.1. The van der Waals surface area contributed by atoms with Crippen LogP contribution in [0.5, 0.6) is 11.5 Å². The van der Waals surface area contributed by atoms with Gasteiger partial charge in [-0.15, -0.1) is 0 Å². The molecular weight excluding hydrogens is 427 g/mol. The molecule has 0 aromatic heterocycles. The first-order valence-electron chi connectivity index (χ1n) is 11.0. The Balaban J connectivity index is 1.76. The minimum atomic E-state index is -0.768. The summed E-state index contributed by atoms with van der Waals surface area (Å²) in [4.78, 5) is 39.4. The number of hydrogen-bond donors (Lipinski definition) is 1. The zero-order chi connectivity index (χ0) is 24.1. The maximum atomic E-state index is 13.3. The molecule has 3 rings (SSSR count). The summed E-state index contributed by atoms with van der Waals surface area (Å²) in [6.45, 7) is 7.55. The number of hydrogen-bond acceptors (Lipinski definition) is 5. The van der Waals surface area contributed by atoms with E-state index in [2.05, 4.69) is 19.2 Å². The molecule has 1 aliphatic heterocycles. The summed E-state index contributed by atoms with van der Waals surface area (Å²) in [6, 6.07) is 8.02. The molecule has 0 saturated heterocycles. The molecule has 0 aliphatic carbocycles. The third-order valence-corrected chi connectivity index (χ3v) is 5.44. The first-order chi connectivity index (χ1) is 15.7. The summed E-state index contributed by atoms with van der Waals surface area (Å²) >= 11 is 0. The van der Waals surface area contributed by atoms with Gasteiger partial charge in [-0.05, 0) is 68.1 Å². The molecule has 0 spiro atoms. The number of aryl methyl sites for hydroxylation is 1. The van der Waals surface area contributed by atoms with E-state index < -0.39 is 6.04 Å². The predicted molar refractivity (Wildman–Crippen MR) is 122 cm³/mol. The molecule has 0 fully saturated rings. The topological polar surface area (TPSA) is 84.9 Å². The number of Topliss-reactive ketones (excluding diaryl/α,β-unsaturated/α-hetero) is 1. The van der Waals surface area contributed by atoms with Crippen molar-refractivity contribution in [1.82, 2.24) is 5.32 Å². The first kappa shape index (κ1) is 24.2. The van der Waals surface area contributed by atoms with Crippen molar-refractivity contribution in [3.8, 4) is 11.5 Å². The lowest BCUT2D eigenvalue weighted by Gasteiger charge is -2.33. The number of anilines is 1. The molecule has 1 aliphatic rings. The Morgan fingerprint density at radius 2 is 1.94 bits per heavy atom. The van der Waals surface area contributed by atoms with Crippen molar-refractivity contribution >= 4 is 23.3 Å². The van der Waals surface area contributed by atoms with Gasteiger partial charge in [0.2, 0.25) is 5.91 Å². The van der Waals surface area contributed by atoms with Crippen molar-refractivity contribution in [2.24, 2.45) is 5.92 Å². The molecule has 0 bridgehead atoms. The number of amides is 2. The van der Waals surface area contributed by atoms with Crippen molar-refractivity contribution < 1.29 is 28.2 Å². The van der Waals surface area contributed by atoms with Gasteiger partial charge in [0.1, 0.15) is 23.4 Å². The van der Waals surface area contributed by atoms with Gasteiger partial charge in [0, 0.05) is 12.1 Å². The van der Waals surface area contributed by atoms with Crippen LogP contribution >= 0.6 is 0 Å². The number of carbonyl (C=O) groups is 3. The monoisotopic (exact) mass is 456 g/mol. The summed E-state index contributed by atoms with van der Waals surface area (Å²) < 4.78 is 24.3. The molecule has 0 saturated carbocycles. The second kappa shape index (κ2) is 10.5. The standard InChI is InChI=1S/C25H29FN2O5/c1-15(2)9-10-27-25(31)17(4)28-20-12-18(5-7-23(20)33-14-24(28)30)21(29)13-32-22-8-6-19(26)11-16(22)3/h5-8,11-12,15,17H,9-10,13-14H2,1-4H3,(H,27,31). The van der Waals surface area contributed by atoms with E-state index in [1.54, 1.807) is 26.0 Å². The Morgan fingerprint density at radius 1 is 1.18 bits per heavy atom. The van der Waals surface area contributed by atoms with Crippen LogP contribution in [0.1, 0.15) is 43.1 Å². The second-order valence-corrected chi connectivity index (χ2v) is 8.51. The molecule has 1 unspecified atom stereocenters. The summed E-state index contributed by atoms with van der Waals surface area (Å²) in [7, 11) is 0. The molecule has 8 heteroatoms. The van der Waals surface area contributed by atoms with E-state index in [9.17, 15) is 18.8 Å². The Kier molecular flexibility index (Phi) is 7.68. The number of rotatable bonds is 9. The normalized spacial score (nSPS) is 13.9. The Morgan fingerprint density at radius 3 is 2.64 bits per heavy atom. The minimum absolute atomic E-state index is 0.184. The van der Waals surface area contributed by atoms with Crippen LogP contribution in [-0.2, 0) is 9.59 Å². The number of nitrogens with one attached hydrogen (secondary N) is 1. The molecule has 0 radical (unpaired) electrons. The van der Waals surface area contributed by atoms with Gasteiger partial charge in [-0.25, -0.2) is 4.39 Å². The predicted octanol–water partition coefficient (Wildman–Crippen LogP) is 3.67. The molecule has 2 amide bonds. The van der Waals surface area contributed by atoms with Crippen LogP contribution in [0.15, 0.2) is 36.4 Å². The van der Waals surface area contributed by atoms with Crippen LogP contribution in [0.4, 0.5) is 10.1 Å². The molecule has 1 heterocycles. The third-order valence-electron chi connectivity index (χ3n) is 5.44. The number of ketones is 1. The largest absolute Gasteiger partial charge is 0.485 e. The van der Waals surface area contributed by atoms with Crippen molar-refractivity contribution in [1.29, 1.82) is 0 Å². The number of carbonyl (C=O) groups excluding carboxylic acids is 3. The van der Waals surface area contributed by atoms with E-state index in [0.29, 0.717) is 40.8 Å². The average molecular weight is 457 g/mol. The van der Waals surface area contributed by atoms with Gasteiger partial charge >= 0.3 is 0 Å². The van der Waals surface area contributed by atoms with Gasteiger partial charge in [0.15, 0.2) is 19.0 Å². The number of ether oxygens (including phenoxy) is 2. The number of halogens is 1. The van der Waals surface area contributed by atoms with Crippen LogP contribution in [0.3, 0.4) is 0 Å². The van der Waals surface area contributed by atoms with Crippen LogP contribution < -0.4 is 19.7 Å². The van der Waals surface area contributed by atoms with Gasteiger partial charge in [0.25, 0.3) is 5.91 Å². The van der Waals surface area contributed by atoms with E-state index in [1.165, 1.54) is 29.2 Å². The van der Waals surface area contributed by atoms with E-state index in [-0.39, 0.29) is 36.6 Å². The highest BCUT2D eigenvalue weighted by Gasteiger charge is 2.33. The van der Waals surface area contributed by atoms with Crippen molar-refractivity contribution in [2.45, 2.75) is 40.2 Å². The minimum Gasteiger partial charge on any atom is -0.485 e. The second-order valence-electron chi connectivity index (χ2n) is 8.51. The molecular formula is C25H29FN2O5. The van der Waals surface area contributed by atoms with E-state index >= 15 is 0 Å². The number of fused-ring (bicyclic) bond motifs is 1. The highest BCUT2D eigenvalue weighted by molar-refractivity contribution is 6.05. The quantitative estimate of drug-likeness (QED) is 0.582.